The Morgan fingerprint density at radius 1 is 1.53 bits per heavy atom. The van der Waals surface area contributed by atoms with Crippen LogP contribution in [0.3, 0.4) is 0 Å². The summed E-state index contributed by atoms with van der Waals surface area (Å²) in [7, 11) is 2.02. The number of aromatic nitrogens is 1. The molecule has 17 heavy (non-hydrogen) atoms. The lowest BCUT2D eigenvalue weighted by molar-refractivity contribution is 0.443. The molecule has 1 atom stereocenters. The highest BCUT2D eigenvalue weighted by molar-refractivity contribution is 9.10. The van der Waals surface area contributed by atoms with Crippen molar-refractivity contribution in [2.24, 2.45) is 0 Å². The van der Waals surface area contributed by atoms with Gasteiger partial charge < -0.3 is 10.2 Å². The number of pyridine rings is 1. The van der Waals surface area contributed by atoms with E-state index in [-0.39, 0.29) is 0 Å². The molecule has 1 saturated heterocycles. The van der Waals surface area contributed by atoms with Crippen molar-refractivity contribution in [3.8, 4) is 0 Å². The maximum absolute atomic E-state index is 4.59. The van der Waals surface area contributed by atoms with Crippen LogP contribution < -0.4 is 10.2 Å². The van der Waals surface area contributed by atoms with Crippen LogP contribution in [0.5, 0.6) is 0 Å². The van der Waals surface area contributed by atoms with E-state index in [1.807, 2.05) is 13.2 Å². The molecule has 0 spiro atoms. The summed E-state index contributed by atoms with van der Waals surface area (Å²) >= 11 is 3.64. The van der Waals surface area contributed by atoms with Gasteiger partial charge in [-0.05, 0) is 60.8 Å². The van der Waals surface area contributed by atoms with Crippen molar-refractivity contribution in [1.82, 2.24) is 10.3 Å². The van der Waals surface area contributed by atoms with Crippen LogP contribution in [0.25, 0.3) is 0 Å². The Morgan fingerprint density at radius 2 is 2.35 bits per heavy atom. The number of rotatable bonds is 3. The zero-order valence-electron chi connectivity index (χ0n) is 10.5. The normalized spacial score (nSPS) is 20.6. The molecule has 94 valence electrons. The number of piperidine rings is 1. The Hall–Kier alpha value is -0.610. The number of hydrogen-bond donors (Lipinski definition) is 1. The molecular weight excluding hydrogens is 278 g/mol. The smallest absolute Gasteiger partial charge is 0.143 e. The van der Waals surface area contributed by atoms with E-state index >= 15 is 0 Å². The molecule has 4 heteroatoms. The predicted octanol–water partition coefficient (Wildman–Crippen LogP) is 2.73. The lowest BCUT2D eigenvalue weighted by Gasteiger charge is -2.37. The van der Waals surface area contributed by atoms with Crippen molar-refractivity contribution >= 4 is 21.7 Å². The SMILES string of the molecule is CNCC1CCCCN1c1ncc(C)cc1Br. The van der Waals surface area contributed by atoms with Gasteiger partial charge in [0.05, 0.1) is 4.47 Å². The summed E-state index contributed by atoms with van der Waals surface area (Å²) in [6.07, 6.45) is 5.79. The van der Waals surface area contributed by atoms with Crippen LogP contribution in [-0.2, 0) is 0 Å². The van der Waals surface area contributed by atoms with Gasteiger partial charge in [-0.25, -0.2) is 4.98 Å². The highest BCUT2D eigenvalue weighted by Crippen LogP contribution is 2.29. The van der Waals surface area contributed by atoms with Crippen LogP contribution in [0.15, 0.2) is 16.7 Å². The Bertz CT molecular complexity index is 379. The fourth-order valence-corrected chi connectivity index (χ4v) is 3.16. The van der Waals surface area contributed by atoms with Gasteiger partial charge in [0.15, 0.2) is 0 Å². The molecule has 0 radical (unpaired) electrons. The van der Waals surface area contributed by atoms with Crippen LogP contribution in [-0.4, -0.2) is 31.2 Å². The van der Waals surface area contributed by atoms with Gasteiger partial charge in [-0.3, -0.25) is 0 Å². The van der Waals surface area contributed by atoms with E-state index in [1.165, 1.54) is 24.8 Å². The van der Waals surface area contributed by atoms with E-state index in [0.29, 0.717) is 6.04 Å². The van der Waals surface area contributed by atoms with Gasteiger partial charge in [-0.1, -0.05) is 0 Å². The van der Waals surface area contributed by atoms with Gasteiger partial charge in [-0.15, -0.1) is 0 Å². The van der Waals surface area contributed by atoms with Crippen molar-refractivity contribution < 1.29 is 0 Å². The lowest BCUT2D eigenvalue weighted by Crippen LogP contribution is -2.45. The summed E-state index contributed by atoms with van der Waals surface area (Å²) in [4.78, 5) is 7.02. The van der Waals surface area contributed by atoms with Gasteiger partial charge in [-0.2, -0.15) is 0 Å². The van der Waals surface area contributed by atoms with Crippen LogP contribution in [0.2, 0.25) is 0 Å². The number of nitrogens with one attached hydrogen (secondary N) is 1. The second-order valence-corrected chi connectivity index (χ2v) is 5.57. The molecule has 0 aliphatic carbocycles. The second-order valence-electron chi connectivity index (χ2n) is 4.72. The third-order valence-electron chi connectivity index (χ3n) is 3.30. The summed E-state index contributed by atoms with van der Waals surface area (Å²) in [5.74, 6) is 1.09. The summed E-state index contributed by atoms with van der Waals surface area (Å²) in [5.41, 5.74) is 1.20. The van der Waals surface area contributed by atoms with Crippen molar-refractivity contribution in [3.63, 3.8) is 0 Å². The zero-order chi connectivity index (χ0) is 12.3. The molecule has 0 bridgehead atoms. The minimum absolute atomic E-state index is 0.570. The minimum atomic E-state index is 0.570. The first kappa shape index (κ1) is 12.8. The fourth-order valence-electron chi connectivity index (χ4n) is 2.46. The standard InChI is InChI=1S/C13H20BrN3/c1-10-7-12(14)13(16-8-10)17-6-4-3-5-11(17)9-15-2/h7-8,11,15H,3-6,9H2,1-2H3. The van der Waals surface area contributed by atoms with Gasteiger partial charge in [0.1, 0.15) is 5.82 Å². The van der Waals surface area contributed by atoms with Gasteiger partial charge in [0.2, 0.25) is 0 Å². The maximum Gasteiger partial charge on any atom is 0.143 e. The van der Waals surface area contributed by atoms with E-state index in [0.717, 1.165) is 23.4 Å². The monoisotopic (exact) mass is 297 g/mol. The Labute approximate surface area is 112 Å². The van der Waals surface area contributed by atoms with Gasteiger partial charge in [0, 0.05) is 25.3 Å². The van der Waals surface area contributed by atoms with Crippen molar-refractivity contribution in [2.45, 2.75) is 32.2 Å². The van der Waals surface area contributed by atoms with E-state index in [2.05, 4.69) is 44.1 Å². The minimum Gasteiger partial charge on any atom is -0.351 e. The molecule has 2 rings (SSSR count). The molecule has 0 amide bonds. The van der Waals surface area contributed by atoms with Crippen LogP contribution in [0, 0.1) is 6.92 Å². The summed E-state index contributed by atoms with van der Waals surface area (Å²) in [6, 6.07) is 2.72. The maximum atomic E-state index is 4.59. The third-order valence-corrected chi connectivity index (χ3v) is 3.88. The van der Waals surface area contributed by atoms with Crippen molar-refractivity contribution in [2.75, 3.05) is 25.0 Å². The van der Waals surface area contributed by atoms with Crippen LogP contribution in [0.1, 0.15) is 24.8 Å². The Morgan fingerprint density at radius 3 is 3.06 bits per heavy atom. The molecular formula is C13H20BrN3. The Balaban J connectivity index is 2.23. The molecule has 1 aliphatic rings. The van der Waals surface area contributed by atoms with Crippen molar-refractivity contribution in [1.29, 1.82) is 0 Å². The molecule has 1 unspecified atom stereocenters. The summed E-state index contributed by atoms with van der Waals surface area (Å²) in [5, 5.41) is 3.28. The van der Waals surface area contributed by atoms with E-state index in [1.54, 1.807) is 0 Å². The lowest BCUT2D eigenvalue weighted by atomic mass is 10.0. The van der Waals surface area contributed by atoms with Gasteiger partial charge in [0.25, 0.3) is 0 Å². The summed E-state index contributed by atoms with van der Waals surface area (Å²) < 4.78 is 1.11. The first-order valence-electron chi connectivity index (χ1n) is 6.25. The highest BCUT2D eigenvalue weighted by atomic mass is 79.9. The molecule has 3 nitrogen and oxygen atoms in total. The number of aryl methyl sites for hydroxylation is 1. The van der Waals surface area contributed by atoms with Crippen molar-refractivity contribution in [3.05, 3.63) is 22.3 Å². The first-order chi connectivity index (χ1) is 8.22. The highest BCUT2D eigenvalue weighted by Gasteiger charge is 2.24. The third kappa shape index (κ3) is 2.99. The predicted molar refractivity (Wildman–Crippen MR) is 75.6 cm³/mol. The number of nitrogens with zero attached hydrogens (tertiary/aromatic N) is 2. The molecule has 0 aromatic carbocycles. The first-order valence-corrected chi connectivity index (χ1v) is 7.05. The van der Waals surface area contributed by atoms with E-state index < -0.39 is 0 Å². The number of hydrogen-bond acceptors (Lipinski definition) is 3. The van der Waals surface area contributed by atoms with Gasteiger partial charge >= 0.3 is 0 Å². The molecule has 1 fully saturated rings. The molecule has 0 saturated carbocycles. The quantitative estimate of drug-likeness (QED) is 0.930. The second kappa shape index (κ2) is 5.83. The summed E-state index contributed by atoms with van der Waals surface area (Å²) in [6.45, 7) is 4.21. The molecule has 1 aromatic rings. The average Bonchev–Trinajstić information content (AvgIpc) is 2.31. The topological polar surface area (TPSA) is 28.2 Å². The molecule has 1 aromatic heterocycles. The fraction of sp³-hybridized carbons (Fsp3) is 0.615. The number of halogens is 1. The molecule has 2 heterocycles. The van der Waals surface area contributed by atoms with E-state index in [4.69, 9.17) is 0 Å². The van der Waals surface area contributed by atoms with E-state index in [9.17, 15) is 0 Å². The molecule has 1 aliphatic heterocycles. The largest absolute Gasteiger partial charge is 0.351 e. The number of likely N-dealkylation sites (N-methyl/N-ethyl adjacent to an activating group) is 1. The molecule has 1 N–H and O–H groups in total. The zero-order valence-corrected chi connectivity index (χ0v) is 12.1. The van der Waals surface area contributed by atoms with Crippen LogP contribution in [0.4, 0.5) is 5.82 Å². The Kier molecular flexibility index (Phi) is 4.40. The number of anilines is 1. The average molecular weight is 298 g/mol. The van der Waals surface area contributed by atoms with Crippen LogP contribution >= 0.6 is 15.9 Å².